The highest BCUT2D eigenvalue weighted by molar-refractivity contribution is 7.88. The first-order valence-electron chi connectivity index (χ1n) is 10.9. The van der Waals surface area contributed by atoms with Crippen LogP contribution >= 0.6 is 11.3 Å². The van der Waals surface area contributed by atoms with Gasteiger partial charge in [0.15, 0.2) is 0 Å². The number of thiazole rings is 1. The molecule has 0 saturated carbocycles. The van der Waals surface area contributed by atoms with Crippen LogP contribution in [0.25, 0.3) is 6.08 Å². The van der Waals surface area contributed by atoms with Crippen molar-refractivity contribution in [2.75, 3.05) is 0 Å². The van der Waals surface area contributed by atoms with Crippen molar-refractivity contribution in [3.05, 3.63) is 87.4 Å². The third-order valence-corrected chi connectivity index (χ3v) is 7.00. The normalized spacial score (nSPS) is 11.8. The average molecular weight is 500 g/mol. The van der Waals surface area contributed by atoms with E-state index in [1.807, 2.05) is 48.7 Å². The Balaban J connectivity index is 1.52. The maximum Gasteiger partial charge on any atom is 0.244 e. The summed E-state index contributed by atoms with van der Waals surface area (Å²) in [7, 11) is -3.37. The predicted molar refractivity (Wildman–Crippen MR) is 136 cm³/mol. The second-order valence-corrected chi connectivity index (χ2v) is 10.9. The van der Waals surface area contributed by atoms with Crippen LogP contribution in [-0.4, -0.2) is 25.4 Å². The van der Waals surface area contributed by atoms with Crippen LogP contribution in [0.2, 0.25) is 0 Å². The molecule has 0 fully saturated rings. The Kier molecular flexibility index (Phi) is 8.98. The second kappa shape index (κ2) is 11.9. The Morgan fingerprint density at radius 2 is 1.82 bits per heavy atom. The Bertz CT molecular complexity index is 1230. The summed E-state index contributed by atoms with van der Waals surface area (Å²) in [6.07, 6.45) is 3.18. The van der Waals surface area contributed by atoms with Gasteiger partial charge in [-0.25, -0.2) is 18.1 Å². The lowest BCUT2D eigenvalue weighted by molar-refractivity contribution is -0.116. The number of aromatic nitrogens is 1. The third-order valence-electron chi connectivity index (χ3n) is 4.64. The van der Waals surface area contributed by atoms with Gasteiger partial charge in [0, 0.05) is 29.6 Å². The molecule has 0 atom stereocenters. The smallest absolute Gasteiger partial charge is 0.244 e. The topological polar surface area (TPSA) is 97.4 Å². The van der Waals surface area contributed by atoms with Crippen LogP contribution in [0.3, 0.4) is 0 Å². The van der Waals surface area contributed by atoms with E-state index >= 15 is 0 Å². The molecule has 1 aromatic heterocycles. The number of amides is 1. The minimum absolute atomic E-state index is 0.0793. The maximum absolute atomic E-state index is 12.3. The molecule has 0 aliphatic heterocycles. The van der Waals surface area contributed by atoms with E-state index in [1.54, 1.807) is 43.4 Å². The molecule has 0 aliphatic rings. The molecule has 9 heteroatoms. The van der Waals surface area contributed by atoms with E-state index in [-0.39, 0.29) is 17.7 Å². The van der Waals surface area contributed by atoms with Crippen LogP contribution in [0.5, 0.6) is 5.75 Å². The average Bonchev–Trinajstić information content (AvgIpc) is 3.20. The van der Waals surface area contributed by atoms with Gasteiger partial charge in [0.25, 0.3) is 0 Å². The Labute approximate surface area is 205 Å². The lowest BCUT2D eigenvalue weighted by Crippen LogP contribution is -2.31. The number of hydrogen-bond donors (Lipinski definition) is 2. The van der Waals surface area contributed by atoms with Crippen LogP contribution in [0.15, 0.2) is 60.0 Å². The van der Waals surface area contributed by atoms with Gasteiger partial charge in [-0.15, -0.1) is 11.3 Å². The Hall–Kier alpha value is -3.01. The standard InChI is InChI=1S/C25H29N3O4S2/c1-18(2)28-34(30,31)17-21-10-8-20(9-11-21)14-26-25(29)13-12-22-6-4-5-7-24(22)32-15-23-16-33-19(3)27-23/h4-13,16,18,28H,14-15,17H2,1-3H3,(H,26,29)/b13-12+. The predicted octanol–water partition coefficient (Wildman–Crippen LogP) is 4.19. The number of hydrogen-bond acceptors (Lipinski definition) is 6. The number of sulfonamides is 1. The molecule has 1 amide bonds. The van der Waals surface area contributed by atoms with Gasteiger partial charge in [-0.05, 0) is 44.0 Å². The molecule has 180 valence electrons. The zero-order valence-electron chi connectivity index (χ0n) is 19.4. The van der Waals surface area contributed by atoms with E-state index in [1.165, 1.54) is 6.08 Å². The fourth-order valence-electron chi connectivity index (χ4n) is 3.16. The van der Waals surface area contributed by atoms with Crippen molar-refractivity contribution in [1.29, 1.82) is 0 Å². The molecule has 2 N–H and O–H groups in total. The highest BCUT2D eigenvalue weighted by atomic mass is 32.2. The molecule has 0 aliphatic carbocycles. The summed E-state index contributed by atoms with van der Waals surface area (Å²) in [5, 5.41) is 5.80. The number of carbonyl (C=O) groups excluding carboxylic acids is 1. The summed E-state index contributed by atoms with van der Waals surface area (Å²) in [6.45, 7) is 6.22. The van der Waals surface area contributed by atoms with E-state index in [0.29, 0.717) is 24.5 Å². The van der Waals surface area contributed by atoms with Crippen molar-refractivity contribution in [1.82, 2.24) is 15.0 Å². The molecule has 34 heavy (non-hydrogen) atoms. The zero-order chi connectivity index (χ0) is 24.6. The van der Waals surface area contributed by atoms with Gasteiger partial charge in [-0.2, -0.15) is 0 Å². The molecular formula is C25H29N3O4S2. The quantitative estimate of drug-likeness (QED) is 0.386. The summed E-state index contributed by atoms with van der Waals surface area (Å²) < 4.78 is 32.5. The molecule has 0 bridgehead atoms. The molecule has 3 aromatic rings. The fourth-order valence-corrected chi connectivity index (χ4v) is 5.19. The summed E-state index contributed by atoms with van der Waals surface area (Å²) in [6, 6.07) is 14.5. The molecular weight excluding hydrogens is 470 g/mol. The summed E-state index contributed by atoms with van der Waals surface area (Å²) in [5.74, 6) is 0.358. The monoisotopic (exact) mass is 499 g/mol. The molecule has 0 saturated heterocycles. The van der Waals surface area contributed by atoms with Crippen LogP contribution in [0.4, 0.5) is 0 Å². The van der Waals surface area contributed by atoms with E-state index in [4.69, 9.17) is 4.74 Å². The summed E-state index contributed by atoms with van der Waals surface area (Å²) in [5.41, 5.74) is 3.23. The van der Waals surface area contributed by atoms with Gasteiger partial charge < -0.3 is 10.1 Å². The Morgan fingerprint density at radius 1 is 1.12 bits per heavy atom. The van der Waals surface area contributed by atoms with Gasteiger partial charge in [0.1, 0.15) is 12.4 Å². The second-order valence-electron chi connectivity index (χ2n) is 8.08. The first-order valence-corrected chi connectivity index (χ1v) is 13.4. The number of nitrogens with one attached hydrogen (secondary N) is 2. The summed E-state index contributed by atoms with van der Waals surface area (Å²) >= 11 is 1.58. The highest BCUT2D eigenvalue weighted by Crippen LogP contribution is 2.21. The van der Waals surface area contributed by atoms with Gasteiger partial charge in [-0.1, -0.05) is 42.5 Å². The Morgan fingerprint density at radius 3 is 2.50 bits per heavy atom. The van der Waals surface area contributed by atoms with Gasteiger partial charge in [0.2, 0.25) is 15.9 Å². The number of ether oxygens (including phenoxy) is 1. The van der Waals surface area contributed by atoms with Crippen LogP contribution < -0.4 is 14.8 Å². The van der Waals surface area contributed by atoms with Crippen molar-refractivity contribution in [3.8, 4) is 5.75 Å². The van der Waals surface area contributed by atoms with E-state index in [2.05, 4.69) is 15.0 Å². The van der Waals surface area contributed by atoms with E-state index in [9.17, 15) is 13.2 Å². The number of aryl methyl sites for hydroxylation is 1. The number of nitrogens with zero attached hydrogens (tertiary/aromatic N) is 1. The van der Waals surface area contributed by atoms with Crippen molar-refractivity contribution >= 4 is 33.3 Å². The zero-order valence-corrected chi connectivity index (χ0v) is 21.1. The van der Waals surface area contributed by atoms with Gasteiger partial charge in [0.05, 0.1) is 16.5 Å². The van der Waals surface area contributed by atoms with Crippen LogP contribution in [0.1, 0.15) is 41.2 Å². The van der Waals surface area contributed by atoms with Gasteiger partial charge >= 0.3 is 0 Å². The molecule has 0 unspecified atom stereocenters. The molecule has 0 spiro atoms. The number of carbonyl (C=O) groups is 1. The third kappa shape index (κ3) is 8.40. The van der Waals surface area contributed by atoms with Crippen LogP contribution in [0, 0.1) is 6.92 Å². The molecule has 7 nitrogen and oxygen atoms in total. The maximum atomic E-state index is 12.3. The summed E-state index contributed by atoms with van der Waals surface area (Å²) in [4.78, 5) is 16.7. The van der Waals surface area contributed by atoms with E-state index in [0.717, 1.165) is 21.8 Å². The molecule has 1 heterocycles. The fraction of sp³-hybridized carbons (Fsp3) is 0.280. The first kappa shape index (κ1) is 25.6. The lowest BCUT2D eigenvalue weighted by Gasteiger charge is -2.10. The minimum atomic E-state index is -3.37. The largest absolute Gasteiger partial charge is 0.487 e. The SMILES string of the molecule is Cc1nc(COc2ccccc2/C=C/C(=O)NCc2ccc(CS(=O)(=O)NC(C)C)cc2)cs1. The number of rotatable bonds is 11. The van der Waals surface area contributed by atoms with Gasteiger partial charge in [-0.3, -0.25) is 4.79 Å². The van der Waals surface area contributed by atoms with Crippen molar-refractivity contribution < 1.29 is 17.9 Å². The number of para-hydroxylation sites is 1. The molecule has 0 radical (unpaired) electrons. The first-order chi connectivity index (χ1) is 16.2. The highest BCUT2D eigenvalue weighted by Gasteiger charge is 2.12. The van der Waals surface area contributed by atoms with E-state index < -0.39 is 10.0 Å². The number of benzene rings is 2. The van der Waals surface area contributed by atoms with Crippen molar-refractivity contribution in [2.24, 2.45) is 0 Å². The van der Waals surface area contributed by atoms with Crippen molar-refractivity contribution in [2.45, 2.75) is 45.7 Å². The lowest BCUT2D eigenvalue weighted by atomic mass is 10.1. The molecule has 3 rings (SSSR count). The van der Waals surface area contributed by atoms with Crippen molar-refractivity contribution in [3.63, 3.8) is 0 Å². The van der Waals surface area contributed by atoms with Crippen LogP contribution in [-0.2, 0) is 33.7 Å². The molecule has 2 aromatic carbocycles. The minimum Gasteiger partial charge on any atom is -0.487 e.